The highest BCUT2D eigenvalue weighted by Gasteiger charge is 2.14. The number of primary sulfonamides is 1. The molecular weight excluding hydrogens is 346 g/mol. The second kappa shape index (κ2) is 6.27. The highest BCUT2D eigenvalue weighted by molar-refractivity contribution is 7.89. The molecule has 3 rings (SSSR count). The number of nitrogen functional groups attached to an aromatic ring is 1. The molecular formula is C18H14F2N2O2S. The molecule has 0 saturated carbocycles. The first-order valence-electron chi connectivity index (χ1n) is 7.24. The first-order chi connectivity index (χ1) is 11.8. The van der Waals surface area contributed by atoms with E-state index in [2.05, 4.69) is 0 Å². The topological polar surface area (TPSA) is 86.2 Å². The van der Waals surface area contributed by atoms with Gasteiger partial charge in [0.2, 0.25) is 10.0 Å². The zero-order valence-corrected chi connectivity index (χ0v) is 13.7. The van der Waals surface area contributed by atoms with E-state index in [1.54, 1.807) is 24.3 Å². The van der Waals surface area contributed by atoms with Crippen molar-refractivity contribution in [3.8, 4) is 22.3 Å². The van der Waals surface area contributed by atoms with Crippen LogP contribution in [0.25, 0.3) is 22.3 Å². The Kier molecular flexibility index (Phi) is 4.28. The van der Waals surface area contributed by atoms with Gasteiger partial charge in [-0.2, -0.15) is 0 Å². The molecule has 0 radical (unpaired) electrons. The summed E-state index contributed by atoms with van der Waals surface area (Å²) in [5, 5.41) is 5.08. The standard InChI is InChI=1S/C18H14F2N2O2S/c19-17-9-15(11-1-5-13(21)6-2-11)16(10-18(17)20)12-3-7-14(8-4-12)25(22,23)24/h1-10H,21H2,(H2,22,23,24). The summed E-state index contributed by atoms with van der Waals surface area (Å²) in [6, 6.07) is 14.5. The molecule has 3 aromatic rings. The van der Waals surface area contributed by atoms with Gasteiger partial charge in [0, 0.05) is 5.69 Å². The number of anilines is 1. The predicted molar refractivity (Wildman–Crippen MR) is 93.0 cm³/mol. The molecule has 0 heterocycles. The van der Waals surface area contributed by atoms with E-state index in [9.17, 15) is 17.2 Å². The van der Waals surface area contributed by atoms with Crippen molar-refractivity contribution in [2.75, 3.05) is 5.73 Å². The van der Waals surface area contributed by atoms with Gasteiger partial charge in [-0.3, -0.25) is 0 Å². The van der Waals surface area contributed by atoms with Crippen LogP contribution < -0.4 is 10.9 Å². The maximum absolute atomic E-state index is 13.8. The number of halogens is 2. The minimum atomic E-state index is -3.83. The summed E-state index contributed by atoms with van der Waals surface area (Å²) in [7, 11) is -3.83. The Morgan fingerprint density at radius 1 is 0.720 bits per heavy atom. The van der Waals surface area contributed by atoms with Crippen LogP contribution in [-0.2, 0) is 10.0 Å². The van der Waals surface area contributed by atoms with Crippen LogP contribution >= 0.6 is 0 Å². The lowest BCUT2D eigenvalue weighted by Gasteiger charge is -2.12. The third-order valence-electron chi connectivity index (χ3n) is 3.78. The Balaban J connectivity index is 2.18. The van der Waals surface area contributed by atoms with Gasteiger partial charge >= 0.3 is 0 Å². The largest absolute Gasteiger partial charge is 0.399 e. The quantitative estimate of drug-likeness (QED) is 0.701. The van der Waals surface area contributed by atoms with E-state index >= 15 is 0 Å². The van der Waals surface area contributed by atoms with Gasteiger partial charge in [0.15, 0.2) is 11.6 Å². The van der Waals surface area contributed by atoms with Gasteiger partial charge in [0.05, 0.1) is 4.90 Å². The molecule has 0 amide bonds. The molecule has 0 aliphatic heterocycles. The van der Waals surface area contributed by atoms with E-state index < -0.39 is 21.7 Å². The zero-order valence-electron chi connectivity index (χ0n) is 12.9. The van der Waals surface area contributed by atoms with Crippen LogP contribution in [0.3, 0.4) is 0 Å². The van der Waals surface area contributed by atoms with Gasteiger partial charge in [-0.15, -0.1) is 0 Å². The summed E-state index contributed by atoms with van der Waals surface area (Å²) in [5.74, 6) is -1.97. The fourth-order valence-electron chi connectivity index (χ4n) is 2.51. The van der Waals surface area contributed by atoms with Crippen LogP contribution in [0.15, 0.2) is 65.6 Å². The van der Waals surface area contributed by atoms with Gasteiger partial charge in [-0.25, -0.2) is 22.3 Å². The number of hydrogen-bond donors (Lipinski definition) is 2. The molecule has 0 aliphatic rings. The molecule has 128 valence electrons. The Labute approximate surface area is 143 Å². The van der Waals surface area contributed by atoms with Crippen LogP contribution in [0.4, 0.5) is 14.5 Å². The minimum absolute atomic E-state index is 0.0622. The first-order valence-corrected chi connectivity index (χ1v) is 8.78. The summed E-state index contributed by atoms with van der Waals surface area (Å²) < 4.78 is 50.3. The molecule has 4 N–H and O–H groups in total. The zero-order chi connectivity index (χ0) is 18.2. The molecule has 0 spiro atoms. The normalized spacial score (nSPS) is 11.5. The van der Waals surface area contributed by atoms with Crippen LogP contribution in [0.2, 0.25) is 0 Å². The van der Waals surface area contributed by atoms with Crippen LogP contribution in [0, 0.1) is 11.6 Å². The van der Waals surface area contributed by atoms with Gasteiger partial charge in [-0.1, -0.05) is 24.3 Å². The van der Waals surface area contributed by atoms with Crippen molar-refractivity contribution in [2.24, 2.45) is 5.14 Å². The fourth-order valence-corrected chi connectivity index (χ4v) is 3.03. The highest BCUT2D eigenvalue weighted by atomic mass is 32.2. The number of rotatable bonds is 3. The Morgan fingerprint density at radius 2 is 1.12 bits per heavy atom. The van der Waals surface area contributed by atoms with E-state index in [0.29, 0.717) is 27.9 Å². The molecule has 25 heavy (non-hydrogen) atoms. The molecule has 0 atom stereocenters. The maximum Gasteiger partial charge on any atom is 0.238 e. The van der Waals surface area contributed by atoms with Gasteiger partial charge in [-0.05, 0) is 58.7 Å². The van der Waals surface area contributed by atoms with Gasteiger partial charge in [0.25, 0.3) is 0 Å². The number of benzene rings is 3. The molecule has 0 fully saturated rings. The van der Waals surface area contributed by atoms with E-state index in [0.717, 1.165) is 12.1 Å². The van der Waals surface area contributed by atoms with Gasteiger partial charge in [0.1, 0.15) is 0 Å². The van der Waals surface area contributed by atoms with Crippen molar-refractivity contribution in [2.45, 2.75) is 4.90 Å². The fraction of sp³-hybridized carbons (Fsp3) is 0. The number of nitrogens with two attached hydrogens (primary N) is 2. The molecule has 0 bridgehead atoms. The first kappa shape index (κ1) is 17.1. The van der Waals surface area contributed by atoms with E-state index in [1.807, 2.05) is 0 Å². The van der Waals surface area contributed by atoms with Crippen molar-refractivity contribution in [1.29, 1.82) is 0 Å². The van der Waals surface area contributed by atoms with E-state index in [-0.39, 0.29) is 4.90 Å². The van der Waals surface area contributed by atoms with Crippen LogP contribution in [-0.4, -0.2) is 8.42 Å². The van der Waals surface area contributed by atoms with Crippen molar-refractivity contribution in [3.05, 3.63) is 72.3 Å². The molecule has 3 aromatic carbocycles. The lowest BCUT2D eigenvalue weighted by atomic mass is 9.94. The average molecular weight is 360 g/mol. The smallest absolute Gasteiger partial charge is 0.238 e. The van der Waals surface area contributed by atoms with Crippen molar-refractivity contribution >= 4 is 15.7 Å². The molecule has 4 nitrogen and oxygen atoms in total. The van der Waals surface area contributed by atoms with Crippen LogP contribution in [0.1, 0.15) is 0 Å². The van der Waals surface area contributed by atoms with Crippen molar-refractivity contribution < 1.29 is 17.2 Å². The lowest BCUT2D eigenvalue weighted by molar-refractivity contribution is 0.509. The third kappa shape index (κ3) is 3.52. The molecule has 7 heteroatoms. The highest BCUT2D eigenvalue weighted by Crippen LogP contribution is 2.34. The Bertz CT molecular complexity index is 1030. The monoisotopic (exact) mass is 360 g/mol. The van der Waals surface area contributed by atoms with Crippen molar-refractivity contribution in [1.82, 2.24) is 0 Å². The summed E-state index contributed by atoms with van der Waals surface area (Å²) in [6.45, 7) is 0. The van der Waals surface area contributed by atoms with Gasteiger partial charge < -0.3 is 5.73 Å². The van der Waals surface area contributed by atoms with Crippen LogP contribution in [0.5, 0.6) is 0 Å². The summed E-state index contributed by atoms with van der Waals surface area (Å²) in [4.78, 5) is -0.0622. The Morgan fingerprint density at radius 3 is 1.52 bits per heavy atom. The summed E-state index contributed by atoms with van der Waals surface area (Å²) in [6.07, 6.45) is 0. The van der Waals surface area contributed by atoms with E-state index in [1.165, 1.54) is 24.3 Å². The summed E-state index contributed by atoms with van der Waals surface area (Å²) in [5.41, 5.74) is 8.27. The number of hydrogen-bond acceptors (Lipinski definition) is 3. The average Bonchev–Trinajstić information content (AvgIpc) is 2.57. The minimum Gasteiger partial charge on any atom is -0.399 e. The molecule has 0 saturated heterocycles. The third-order valence-corrected chi connectivity index (χ3v) is 4.71. The second-order valence-corrected chi connectivity index (χ2v) is 7.06. The molecule has 0 unspecified atom stereocenters. The summed E-state index contributed by atoms with van der Waals surface area (Å²) >= 11 is 0. The second-order valence-electron chi connectivity index (χ2n) is 5.50. The number of sulfonamides is 1. The molecule has 0 aromatic heterocycles. The maximum atomic E-state index is 13.8. The predicted octanol–water partition coefficient (Wildman–Crippen LogP) is 3.53. The Hall–Kier alpha value is -2.77. The van der Waals surface area contributed by atoms with Crippen molar-refractivity contribution in [3.63, 3.8) is 0 Å². The lowest BCUT2D eigenvalue weighted by Crippen LogP contribution is -2.11. The van der Waals surface area contributed by atoms with E-state index in [4.69, 9.17) is 10.9 Å². The molecule has 0 aliphatic carbocycles. The SMILES string of the molecule is Nc1ccc(-c2cc(F)c(F)cc2-c2ccc(S(N)(=O)=O)cc2)cc1.